The molecule has 1 fully saturated rings. The van der Waals surface area contributed by atoms with Crippen molar-refractivity contribution in [1.82, 2.24) is 24.3 Å². The Kier molecular flexibility index (Phi) is 3.92. The van der Waals surface area contributed by atoms with Crippen LogP contribution in [0, 0.1) is 18.3 Å². The van der Waals surface area contributed by atoms with Crippen molar-refractivity contribution in [1.29, 1.82) is 0 Å². The van der Waals surface area contributed by atoms with Gasteiger partial charge in [-0.3, -0.25) is 9.20 Å². The molecule has 0 unspecified atom stereocenters. The van der Waals surface area contributed by atoms with Gasteiger partial charge < -0.3 is 9.88 Å². The summed E-state index contributed by atoms with van der Waals surface area (Å²) in [5.41, 5.74) is 2.84. The van der Waals surface area contributed by atoms with Crippen molar-refractivity contribution in [2.75, 3.05) is 13.1 Å². The zero-order valence-electron chi connectivity index (χ0n) is 14.3. The molecule has 1 aliphatic heterocycles. The SMILES string of the molecule is C#CCCC(=O)N1CC[C@@H](C)[C@@H](c2ncc3cnc4[nH]ccc4n23)C1. The second-order valence-electron chi connectivity index (χ2n) is 6.76. The first kappa shape index (κ1) is 15.7. The Balaban J connectivity index is 1.70. The van der Waals surface area contributed by atoms with E-state index in [1.54, 1.807) is 0 Å². The van der Waals surface area contributed by atoms with Gasteiger partial charge in [-0.25, -0.2) is 9.97 Å². The normalized spacial score (nSPS) is 20.9. The fourth-order valence-corrected chi connectivity index (χ4v) is 3.73. The Morgan fingerprint density at radius 3 is 3.12 bits per heavy atom. The predicted octanol–water partition coefficient (Wildman–Crippen LogP) is 2.58. The molecular weight excluding hydrogens is 314 g/mol. The van der Waals surface area contributed by atoms with Gasteiger partial charge in [0, 0.05) is 38.0 Å². The maximum atomic E-state index is 12.4. The number of aromatic nitrogens is 4. The highest BCUT2D eigenvalue weighted by atomic mass is 16.2. The minimum atomic E-state index is 0.143. The second-order valence-corrected chi connectivity index (χ2v) is 6.76. The van der Waals surface area contributed by atoms with Crippen LogP contribution in [0.4, 0.5) is 0 Å². The highest BCUT2D eigenvalue weighted by Gasteiger charge is 2.32. The standard InChI is InChI=1S/C19H21N5O/c1-3-4-5-17(25)23-9-7-13(2)15(12-23)19-22-11-14-10-21-18-16(24(14)19)6-8-20-18/h1,6,8,10-11,13,15,20H,4-5,7,9,12H2,2H3/t13-,15+/m1/s1. The van der Waals surface area contributed by atoms with Gasteiger partial charge in [-0.15, -0.1) is 12.3 Å². The third-order valence-corrected chi connectivity index (χ3v) is 5.21. The number of nitrogens with one attached hydrogen (secondary N) is 1. The predicted molar refractivity (Wildman–Crippen MR) is 96.0 cm³/mol. The smallest absolute Gasteiger partial charge is 0.223 e. The Morgan fingerprint density at radius 1 is 1.44 bits per heavy atom. The summed E-state index contributed by atoms with van der Waals surface area (Å²) >= 11 is 0. The van der Waals surface area contributed by atoms with E-state index in [2.05, 4.69) is 27.2 Å². The number of amides is 1. The Morgan fingerprint density at radius 2 is 2.28 bits per heavy atom. The molecule has 1 amide bonds. The average molecular weight is 335 g/mol. The Labute approximate surface area is 146 Å². The number of piperidine rings is 1. The van der Waals surface area contributed by atoms with Crippen LogP contribution >= 0.6 is 0 Å². The number of H-pyrrole nitrogens is 1. The van der Waals surface area contributed by atoms with Crippen LogP contribution in [0.25, 0.3) is 16.7 Å². The minimum Gasteiger partial charge on any atom is -0.345 e. The van der Waals surface area contributed by atoms with Crippen LogP contribution < -0.4 is 0 Å². The summed E-state index contributed by atoms with van der Waals surface area (Å²) in [4.78, 5) is 26.6. The van der Waals surface area contributed by atoms with Gasteiger partial charge in [0.1, 0.15) is 5.82 Å². The average Bonchev–Trinajstić information content (AvgIpc) is 3.25. The van der Waals surface area contributed by atoms with Gasteiger partial charge in [0.25, 0.3) is 0 Å². The van der Waals surface area contributed by atoms with Crippen LogP contribution in [0.3, 0.4) is 0 Å². The number of terminal acetylenes is 1. The zero-order chi connectivity index (χ0) is 17.4. The topological polar surface area (TPSA) is 66.3 Å². The van der Waals surface area contributed by atoms with Crippen molar-refractivity contribution in [3.05, 3.63) is 30.5 Å². The van der Waals surface area contributed by atoms with Crippen molar-refractivity contribution in [3.8, 4) is 12.3 Å². The van der Waals surface area contributed by atoms with Crippen molar-refractivity contribution in [2.45, 2.75) is 32.1 Å². The Hall–Kier alpha value is -2.81. The van der Waals surface area contributed by atoms with Crippen LogP contribution in [-0.2, 0) is 4.79 Å². The van der Waals surface area contributed by atoms with Gasteiger partial charge in [-0.05, 0) is 18.4 Å². The molecule has 1 aliphatic rings. The van der Waals surface area contributed by atoms with E-state index in [-0.39, 0.29) is 11.8 Å². The molecule has 0 aliphatic carbocycles. The number of carbonyl (C=O) groups excluding carboxylic acids is 1. The molecule has 0 radical (unpaired) electrons. The van der Waals surface area contributed by atoms with E-state index in [4.69, 9.17) is 11.4 Å². The van der Waals surface area contributed by atoms with Crippen LogP contribution in [0.2, 0.25) is 0 Å². The van der Waals surface area contributed by atoms with Crippen LogP contribution in [-0.4, -0.2) is 43.2 Å². The maximum absolute atomic E-state index is 12.4. The number of nitrogens with zero attached hydrogens (tertiary/aromatic N) is 4. The summed E-state index contributed by atoms with van der Waals surface area (Å²) in [6.07, 6.45) is 12.8. The monoisotopic (exact) mass is 335 g/mol. The number of rotatable bonds is 3. The molecule has 0 aromatic carbocycles. The number of hydrogen-bond donors (Lipinski definition) is 1. The van der Waals surface area contributed by atoms with E-state index in [1.807, 2.05) is 29.6 Å². The number of carbonyl (C=O) groups is 1. The highest BCUT2D eigenvalue weighted by molar-refractivity contribution is 5.77. The van der Waals surface area contributed by atoms with E-state index in [9.17, 15) is 4.79 Å². The molecule has 0 spiro atoms. The molecule has 3 aromatic rings. The molecule has 6 nitrogen and oxygen atoms in total. The fraction of sp³-hybridized carbons (Fsp3) is 0.421. The number of hydrogen-bond acceptors (Lipinski definition) is 3. The summed E-state index contributed by atoms with van der Waals surface area (Å²) in [6, 6.07) is 2.02. The first-order chi connectivity index (χ1) is 12.2. The largest absolute Gasteiger partial charge is 0.345 e. The molecule has 6 heteroatoms. The number of fused-ring (bicyclic) bond motifs is 3. The third-order valence-electron chi connectivity index (χ3n) is 5.21. The van der Waals surface area contributed by atoms with Crippen molar-refractivity contribution in [3.63, 3.8) is 0 Å². The van der Waals surface area contributed by atoms with Gasteiger partial charge >= 0.3 is 0 Å². The Bertz CT molecular complexity index is 963. The van der Waals surface area contributed by atoms with Gasteiger partial charge in [0.05, 0.1) is 23.4 Å². The number of aromatic amines is 1. The first-order valence-electron chi connectivity index (χ1n) is 8.69. The molecule has 4 heterocycles. The third kappa shape index (κ3) is 2.66. The van der Waals surface area contributed by atoms with E-state index in [1.165, 1.54) is 0 Å². The highest BCUT2D eigenvalue weighted by Crippen LogP contribution is 2.33. The first-order valence-corrected chi connectivity index (χ1v) is 8.69. The molecule has 128 valence electrons. The summed E-state index contributed by atoms with van der Waals surface area (Å²) in [5, 5.41) is 0. The lowest BCUT2D eigenvalue weighted by Gasteiger charge is -2.36. The zero-order valence-corrected chi connectivity index (χ0v) is 14.3. The summed E-state index contributed by atoms with van der Waals surface area (Å²) < 4.78 is 2.16. The lowest BCUT2D eigenvalue weighted by Crippen LogP contribution is -2.42. The molecule has 4 rings (SSSR count). The maximum Gasteiger partial charge on any atom is 0.223 e. The van der Waals surface area contributed by atoms with Crippen molar-refractivity contribution in [2.24, 2.45) is 5.92 Å². The molecule has 1 N–H and O–H groups in total. The number of imidazole rings is 1. The van der Waals surface area contributed by atoms with E-state index in [0.717, 1.165) is 35.5 Å². The number of likely N-dealkylation sites (tertiary alicyclic amines) is 1. The van der Waals surface area contributed by atoms with E-state index >= 15 is 0 Å². The summed E-state index contributed by atoms with van der Waals surface area (Å²) in [6.45, 7) is 3.73. The molecule has 3 aromatic heterocycles. The molecular formula is C19H21N5O. The molecule has 0 saturated carbocycles. The van der Waals surface area contributed by atoms with Crippen LogP contribution in [0.1, 0.15) is 37.9 Å². The molecule has 0 bridgehead atoms. The lowest BCUT2D eigenvalue weighted by molar-refractivity contribution is -0.132. The quantitative estimate of drug-likeness (QED) is 0.748. The summed E-state index contributed by atoms with van der Waals surface area (Å²) in [7, 11) is 0. The molecule has 25 heavy (non-hydrogen) atoms. The fourth-order valence-electron chi connectivity index (χ4n) is 3.73. The van der Waals surface area contributed by atoms with Crippen LogP contribution in [0.15, 0.2) is 24.7 Å². The van der Waals surface area contributed by atoms with Crippen molar-refractivity contribution < 1.29 is 4.79 Å². The van der Waals surface area contributed by atoms with E-state index < -0.39 is 0 Å². The van der Waals surface area contributed by atoms with Gasteiger partial charge in [0.15, 0.2) is 5.65 Å². The van der Waals surface area contributed by atoms with Gasteiger partial charge in [-0.2, -0.15) is 0 Å². The lowest BCUT2D eigenvalue weighted by atomic mass is 9.86. The molecule has 2 atom stereocenters. The van der Waals surface area contributed by atoms with Crippen LogP contribution in [0.5, 0.6) is 0 Å². The summed E-state index contributed by atoms with van der Waals surface area (Å²) in [5.74, 6) is 4.36. The van der Waals surface area contributed by atoms with Gasteiger partial charge in [-0.1, -0.05) is 6.92 Å². The van der Waals surface area contributed by atoms with Crippen molar-refractivity contribution >= 4 is 22.6 Å². The van der Waals surface area contributed by atoms with Gasteiger partial charge in [0.2, 0.25) is 5.91 Å². The molecule has 1 saturated heterocycles. The second kappa shape index (κ2) is 6.25. The van der Waals surface area contributed by atoms with E-state index in [0.29, 0.717) is 25.3 Å². The minimum absolute atomic E-state index is 0.143.